The molecular weight excluding hydrogens is 524 g/mol. The summed E-state index contributed by atoms with van der Waals surface area (Å²) in [5, 5.41) is 4.19. The van der Waals surface area contributed by atoms with Gasteiger partial charge in [-0.15, -0.1) is 0 Å². The summed E-state index contributed by atoms with van der Waals surface area (Å²) in [4.78, 5) is 39.7. The van der Waals surface area contributed by atoms with Gasteiger partial charge in [0.1, 0.15) is 13.2 Å². The van der Waals surface area contributed by atoms with Crippen molar-refractivity contribution in [2.75, 3.05) is 18.5 Å². The average molecular weight is 553 g/mol. The summed E-state index contributed by atoms with van der Waals surface area (Å²) in [5.74, 6) is 0.158. The van der Waals surface area contributed by atoms with Gasteiger partial charge < -0.3 is 14.8 Å². The van der Waals surface area contributed by atoms with Crippen LogP contribution in [0, 0.1) is 6.92 Å². The Morgan fingerprint density at radius 1 is 0.925 bits per heavy atom. The van der Waals surface area contributed by atoms with E-state index in [-0.39, 0.29) is 11.4 Å². The molecular formula is C32H28N2O5S. The Bertz CT molecular complexity index is 1630. The second-order valence-corrected chi connectivity index (χ2v) is 10.3. The zero-order valence-corrected chi connectivity index (χ0v) is 23.0. The van der Waals surface area contributed by atoms with Crippen LogP contribution < -0.4 is 14.8 Å². The molecule has 7 nitrogen and oxygen atoms in total. The molecule has 0 unspecified atom stereocenters. The van der Waals surface area contributed by atoms with Crippen LogP contribution >= 0.6 is 11.8 Å². The first-order valence-corrected chi connectivity index (χ1v) is 13.7. The molecule has 1 heterocycles. The number of carbonyl (C=O) groups excluding carboxylic acids is 3. The van der Waals surface area contributed by atoms with Crippen molar-refractivity contribution >= 4 is 51.4 Å². The molecule has 202 valence electrons. The summed E-state index contributed by atoms with van der Waals surface area (Å²) in [7, 11) is 0. The topological polar surface area (TPSA) is 84.9 Å². The van der Waals surface area contributed by atoms with Gasteiger partial charge in [-0.1, -0.05) is 72.3 Å². The minimum absolute atomic E-state index is 0.235. The second kappa shape index (κ2) is 12.1. The van der Waals surface area contributed by atoms with Crippen molar-refractivity contribution in [3.05, 3.63) is 107 Å². The smallest absolute Gasteiger partial charge is 0.294 e. The largest absolute Gasteiger partial charge is 0.490 e. The maximum atomic E-state index is 13.1. The first kappa shape index (κ1) is 27.0. The number of amides is 3. The molecule has 0 bridgehead atoms. The standard InChI is InChI=1S/C32H28N2O5S/c1-3-38-28-17-22(14-15-27(28)39-20-23-9-6-8-21(2)16-23)18-29-31(36)34(32(37)40-29)19-30(35)33-26-13-7-11-24-10-4-5-12-25(24)26/h4-18H,3,19-20H2,1-2H3,(H,33,35)/b29-18-. The minimum Gasteiger partial charge on any atom is -0.490 e. The van der Waals surface area contributed by atoms with E-state index < -0.39 is 17.1 Å². The van der Waals surface area contributed by atoms with Crippen LogP contribution in [-0.4, -0.2) is 35.1 Å². The second-order valence-electron chi connectivity index (χ2n) is 9.26. The van der Waals surface area contributed by atoms with E-state index >= 15 is 0 Å². The molecule has 5 rings (SSSR count). The molecule has 8 heteroatoms. The number of ether oxygens (including phenoxy) is 2. The number of carbonyl (C=O) groups is 3. The Kier molecular flexibility index (Phi) is 8.17. The number of hydrogen-bond donors (Lipinski definition) is 1. The zero-order valence-electron chi connectivity index (χ0n) is 22.2. The van der Waals surface area contributed by atoms with Crippen LogP contribution in [0.25, 0.3) is 16.8 Å². The fourth-order valence-electron chi connectivity index (χ4n) is 4.42. The van der Waals surface area contributed by atoms with E-state index in [1.165, 1.54) is 0 Å². The summed E-state index contributed by atoms with van der Waals surface area (Å²) in [6, 6.07) is 26.7. The summed E-state index contributed by atoms with van der Waals surface area (Å²) < 4.78 is 11.8. The SMILES string of the molecule is CCOc1cc(/C=C2\SC(=O)N(CC(=O)Nc3cccc4ccccc34)C2=O)ccc1OCc1cccc(C)c1. The van der Waals surface area contributed by atoms with E-state index in [2.05, 4.69) is 11.4 Å². The first-order chi connectivity index (χ1) is 19.4. The molecule has 1 saturated heterocycles. The van der Waals surface area contributed by atoms with Crippen molar-refractivity contribution in [3.8, 4) is 11.5 Å². The van der Waals surface area contributed by atoms with E-state index in [1.54, 1.807) is 30.3 Å². The third-order valence-corrected chi connectivity index (χ3v) is 7.19. The number of rotatable bonds is 9. The number of hydrogen-bond acceptors (Lipinski definition) is 6. The van der Waals surface area contributed by atoms with Crippen LogP contribution in [0.3, 0.4) is 0 Å². The van der Waals surface area contributed by atoms with Crippen LogP contribution in [-0.2, 0) is 16.2 Å². The Balaban J connectivity index is 1.28. The van der Waals surface area contributed by atoms with Crippen LogP contribution in [0.5, 0.6) is 11.5 Å². The van der Waals surface area contributed by atoms with Gasteiger partial charge in [-0.3, -0.25) is 19.3 Å². The number of thioether (sulfide) groups is 1. The fraction of sp³-hybridized carbons (Fsp3) is 0.156. The van der Waals surface area contributed by atoms with Gasteiger partial charge in [-0.2, -0.15) is 0 Å². The highest BCUT2D eigenvalue weighted by Crippen LogP contribution is 2.35. The van der Waals surface area contributed by atoms with Crippen LogP contribution in [0.4, 0.5) is 10.5 Å². The van der Waals surface area contributed by atoms with E-state index in [0.29, 0.717) is 36.0 Å². The van der Waals surface area contributed by atoms with Crippen LogP contribution in [0.15, 0.2) is 89.8 Å². The highest BCUT2D eigenvalue weighted by atomic mass is 32.2. The lowest BCUT2D eigenvalue weighted by molar-refractivity contribution is -0.127. The molecule has 0 atom stereocenters. The third-order valence-electron chi connectivity index (χ3n) is 6.28. The summed E-state index contributed by atoms with van der Waals surface area (Å²) in [6.45, 7) is 4.36. The van der Waals surface area contributed by atoms with Crippen molar-refractivity contribution < 1.29 is 23.9 Å². The van der Waals surface area contributed by atoms with Gasteiger partial charge in [-0.25, -0.2) is 0 Å². The number of fused-ring (bicyclic) bond motifs is 1. The highest BCUT2D eigenvalue weighted by molar-refractivity contribution is 8.18. The Hall–Kier alpha value is -4.56. The summed E-state index contributed by atoms with van der Waals surface area (Å²) >= 11 is 0.806. The Labute approximate surface area is 236 Å². The number of aryl methyl sites for hydroxylation is 1. The van der Waals surface area contributed by atoms with Crippen molar-refractivity contribution in [2.45, 2.75) is 20.5 Å². The van der Waals surface area contributed by atoms with E-state index in [9.17, 15) is 14.4 Å². The number of nitrogens with zero attached hydrogens (tertiary/aromatic N) is 1. The van der Waals surface area contributed by atoms with Crippen molar-refractivity contribution in [1.29, 1.82) is 0 Å². The molecule has 0 radical (unpaired) electrons. The molecule has 1 N–H and O–H groups in total. The maximum absolute atomic E-state index is 13.1. The van der Waals surface area contributed by atoms with E-state index in [1.807, 2.05) is 68.4 Å². The van der Waals surface area contributed by atoms with Crippen molar-refractivity contribution in [1.82, 2.24) is 4.90 Å². The highest BCUT2D eigenvalue weighted by Gasteiger charge is 2.36. The number of anilines is 1. The lowest BCUT2D eigenvalue weighted by Crippen LogP contribution is -2.36. The lowest BCUT2D eigenvalue weighted by atomic mass is 10.1. The molecule has 1 aliphatic heterocycles. The number of imide groups is 1. The third kappa shape index (κ3) is 6.18. The fourth-order valence-corrected chi connectivity index (χ4v) is 5.26. The molecule has 0 aliphatic carbocycles. The predicted molar refractivity (Wildman–Crippen MR) is 158 cm³/mol. The van der Waals surface area contributed by atoms with Crippen LogP contribution in [0.2, 0.25) is 0 Å². The molecule has 4 aromatic rings. The molecule has 4 aromatic carbocycles. The van der Waals surface area contributed by atoms with Crippen molar-refractivity contribution in [3.63, 3.8) is 0 Å². The predicted octanol–water partition coefficient (Wildman–Crippen LogP) is 6.80. The van der Waals surface area contributed by atoms with E-state index in [4.69, 9.17) is 9.47 Å². The lowest BCUT2D eigenvalue weighted by Gasteiger charge is -2.14. The number of nitrogens with one attached hydrogen (secondary N) is 1. The minimum atomic E-state index is -0.513. The van der Waals surface area contributed by atoms with Gasteiger partial charge in [0.15, 0.2) is 11.5 Å². The summed E-state index contributed by atoms with van der Waals surface area (Å²) in [6.07, 6.45) is 1.63. The van der Waals surface area contributed by atoms with Gasteiger partial charge in [0.25, 0.3) is 11.1 Å². The van der Waals surface area contributed by atoms with Crippen molar-refractivity contribution in [2.24, 2.45) is 0 Å². The number of benzene rings is 4. The molecule has 40 heavy (non-hydrogen) atoms. The zero-order chi connectivity index (χ0) is 28.1. The maximum Gasteiger partial charge on any atom is 0.294 e. The van der Waals surface area contributed by atoms with Crippen LogP contribution in [0.1, 0.15) is 23.6 Å². The summed E-state index contributed by atoms with van der Waals surface area (Å²) in [5.41, 5.74) is 3.50. The van der Waals surface area contributed by atoms with E-state index in [0.717, 1.165) is 38.6 Å². The van der Waals surface area contributed by atoms with Gasteiger partial charge >= 0.3 is 0 Å². The molecule has 1 aliphatic rings. The quantitative estimate of drug-likeness (QED) is 0.230. The molecule has 0 aromatic heterocycles. The van der Waals surface area contributed by atoms with Gasteiger partial charge in [0, 0.05) is 11.1 Å². The van der Waals surface area contributed by atoms with Gasteiger partial charge in [0.2, 0.25) is 5.91 Å². The molecule has 3 amide bonds. The Morgan fingerprint density at radius 3 is 2.55 bits per heavy atom. The Morgan fingerprint density at radius 2 is 1.73 bits per heavy atom. The monoisotopic (exact) mass is 552 g/mol. The first-order valence-electron chi connectivity index (χ1n) is 12.9. The molecule has 0 spiro atoms. The van der Waals surface area contributed by atoms with Gasteiger partial charge in [-0.05, 0) is 66.4 Å². The normalized spacial score (nSPS) is 14.2. The van der Waals surface area contributed by atoms with Gasteiger partial charge in [0.05, 0.1) is 11.5 Å². The molecule has 0 saturated carbocycles. The average Bonchev–Trinajstić information content (AvgIpc) is 3.20. The molecule has 1 fully saturated rings.